The number of sulfonamides is 1. The molecule has 33 heavy (non-hydrogen) atoms. The summed E-state index contributed by atoms with van der Waals surface area (Å²) in [7, 11) is -1.20. The summed E-state index contributed by atoms with van der Waals surface area (Å²) in [6, 6.07) is 19.5. The predicted octanol–water partition coefficient (Wildman–Crippen LogP) is 3.94. The van der Waals surface area contributed by atoms with Crippen LogP contribution in [0.25, 0.3) is 0 Å². The number of hydrogen-bond donors (Lipinski definition) is 1. The molecule has 0 saturated carbocycles. The Hall–Kier alpha value is -3.72. The molecule has 174 valence electrons. The zero-order valence-corrected chi connectivity index (χ0v) is 19.5. The van der Waals surface area contributed by atoms with Crippen LogP contribution in [-0.4, -0.2) is 41.7 Å². The summed E-state index contributed by atoms with van der Waals surface area (Å²) >= 11 is 0. The molecular weight excluding hydrogens is 444 g/mol. The summed E-state index contributed by atoms with van der Waals surface area (Å²) in [5.74, 6) is 0.761. The van der Waals surface area contributed by atoms with E-state index in [1.54, 1.807) is 54.6 Å². The first-order chi connectivity index (χ1) is 15.9. The Morgan fingerprint density at radius 2 is 1.67 bits per heavy atom. The first-order valence-corrected chi connectivity index (χ1v) is 11.7. The van der Waals surface area contributed by atoms with Crippen LogP contribution in [0.3, 0.4) is 0 Å². The van der Waals surface area contributed by atoms with Gasteiger partial charge >= 0.3 is 0 Å². The number of carbonyl (C=O) groups excluding carboxylic acids is 1. The van der Waals surface area contributed by atoms with Gasteiger partial charge in [-0.15, -0.1) is 0 Å². The van der Waals surface area contributed by atoms with E-state index in [1.807, 2.05) is 6.92 Å². The highest BCUT2D eigenvalue weighted by atomic mass is 32.2. The highest BCUT2D eigenvalue weighted by molar-refractivity contribution is 7.92. The number of amides is 1. The summed E-state index contributed by atoms with van der Waals surface area (Å²) < 4.78 is 44.2. The van der Waals surface area contributed by atoms with E-state index in [0.29, 0.717) is 23.8 Å². The second-order valence-electron chi connectivity index (χ2n) is 6.87. The van der Waals surface area contributed by atoms with E-state index in [2.05, 4.69) is 5.32 Å². The largest absolute Gasteiger partial charge is 0.497 e. The molecule has 0 saturated heterocycles. The molecule has 8 nitrogen and oxygen atoms in total. The molecule has 3 rings (SSSR count). The van der Waals surface area contributed by atoms with Gasteiger partial charge in [-0.25, -0.2) is 8.42 Å². The van der Waals surface area contributed by atoms with Gasteiger partial charge in [0.15, 0.2) is 0 Å². The SMILES string of the molecule is CCOc1cccc(NC(=O)CN(c2cc(OC)ccc2OC)S(=O)(=O)c2ccccc2)c1. The average Bonchev–Trinajstić information content (AvgIpc) is 2.83. The minimum atomic E-state index is -4.10. The topological polar surface area (TPSA) is 94.2 Å². The van der Waals surface area contributed by atoms with E-state index >= 15 is 0 Å². The molecule has 3 aromatic rings. The second-order valence-corrected chi connectivity index (χ2v) is 8.73. The van der Waals surface area contributed by atoms with Crippen LogP contribution in [0.5, 0.6) is 17.2 Å². The lowest BCUT2D eigenvalue weighted by atomic mass is 10.2. The van der Waals surface area contributed by atoms with Crippen molar-refractivity contribution >= 4 is 27.3 Å². The molecule has 0 atom stereocenters. The van der Waals surface area contributed by atoms with Gasteiger partial charge in [-0.2, -0.15) is 0 Å². The molecule has 0 spiro atoms. The zero-order chi connectivity index (χ0) is 23.8. The zero-order valence-electron chi connectivity index (χ0n) is 18.6. The number of nitrogens with one attached hydrogen (secondary N) is 1. The maximum atomic E-state index is 13.6. The Balaban J connectivity index is 2.00. The van der Waals surface area contributed by atoms with Crippen LogP contribution in [0.15, 0.2) is 77.7 Å². The normalized spacial score (nSPS) is 10.9. The smallest absolute Gasteiger partial charge is 0.264 e. The molecule has 0 radical (unpaired) electrons. The number of hydrogen-bond acceptors (Lipinski definition) is 6. The predicted molar refractivity (Wildman–Crippen MR) is 127 cm³/mol. The van der Waals surface area contributed by atoms with Crippen molar-refractivity contribution in [3.8, 4) is 17.2 Å². The van der Waals surface area contributed by atoms with Gasteiger partial charge in [0.1, 0.15) is 23.8 Å². The summed E-state index contributed by atoms with van der Waals surface area (Å²) in [6.07, 6.45) is 0. The molecular formula is C24H26N2O6S. The van der Waals surface area contributed by atoms with Gasteiger partial charge in [0, 0.05) is 17.8 Å². The summed E-state index contributed by atoms with van der Waals surface area (Å²) in [6.45, 7) is 1.86. The molecule has 0 heterocycles. The fourth-order valence-electron chi connectivity index (χ4n) is 3.17. The van der Waals surface area contributed by atoms with E-state index < -0.39 is 22.5 Å². The monoisotopic (exact) mass is 470 g/mol. The van der Waals surface area contributed by atoms with Crippen LogP contribution < -0.4 is 23.8 Å². The molecule has 0 aliphatic rings. The van der Waals surface area contributed by atoms with Gasteiger partial charge in [-0.1, -0.05) is 24.3 Å². The number of nitrogens with zero attached hydrogens (tertiary/aromatic N) is 1. The third-order valence-electron chi connectivity index (χ3n) is 4.70. The average molecular weight is 471 g/mol. The Kier molecular flexibility index (Phi) is 7.78. The number of ether oxygens (including phenoxy) is 3. The molecule has 1 amide bonds. The van der Waals surface area contributed by atoms with Crippen LogP contribution >= 0.6 is 0 Å². The van der Waals surface area contributed by atoms with Crippen molar-refractivity contribution in [2.75, 3.05) is 37.0 Å². The molecule has 0 bridgehead atoms. The molecule has 0 aliphatic heterocycles. The molecule has 0 fully saturated rings. The second kappa shape index (κ2) is 10.7. The number of methoxy groups -OCH3 is 2. The van der Waals surface area contributed by atoms with Crippen molar-refractivity contribution in [1.29, 1.82) is 0 Å². The molecule has 1 N–H and O–H groups in total. The third-order valence-corrected chi connectivity index (χ3v) is 6.48. The minimum absolute atomic E-state index is 0.0426. The minimum Gasteiger partial charge on any atom is -0.497 e. The Morgan fingerprint density at radius 3 is 2.33 bits per heavy atom. The van der Waals surface area contributed by atoms with Gasteiger partial charge in [0.25, 0.3) is 10.0 Å². The Morgan fingerprint density at radius 1 is 0.909 bits per heavy atom. The van der Waals surface area contributed by atoms with Gasteiger partial charge in [0.05, 0.1) is 31.4 Å². The number of anilines is 2. The maximum Gasteiger partial charge on any atom is 0.264 e. The maximum absolute atomic E-state index is 13.6. The van der Waals surface area contributed by atoms with Gasteiger partial charge in [-0.3, -0.25) is 9.10 Å². The van der Waals surface area contributed by atoms with Crippen molar-refractivity contribution < 1.29 is 27.4 Å². The highest BCUT2D eigenvalue weighted by Crippen LogP contribution is 2.35. The molecule has 0 aromatic heterocycles. The van der Waals surface area contributed by atoms with Crippen molar-refractivity contribution in [3.63, 3.8) is 0 Å². The van der Waals surface area contributed by atoms with Crippen LogP contribution in [0.2, 0.25) is 0 Å². The fraction of sp³-hybridized carbons (Fsp3) is 0.208. The van der Waals surface area contributed by atoms with Crippen molar-refractivity contribution in [2.24, 2.45) is 0 Å². The summed E-state index contributed by atoms with van der Waals surface area (Å²) in [4.78, 5) is 13.0. The van der Waals surface area contributed by atoms with Crippen LogP contribution in [0.4, 0.5) is 11.4 Å². The van der Waals surface area contributed by atoms with Crippen LogP contribution in [0.1, 0.15) is 6.92 Å². The number of rotatable bonds is 10. The molecule has 0 aliphatic carbocycles. The Labute approximate surface area is 193 Å². The van der Waals surface area contributed by atoms with Crippen molar-refractivity contribution in [1.82, 2.24) is 0 Å². The Bertz CT molecular complexity index is 1200. The van der Waals surface area contributed by atoms with Gasteiger partial charge in [0.2, 0.25) is 5.91 Å². The van der Waals surface area contributed by atoms with E-state index in [-0.39, 0.29) is 16.3 Å². The van der Waals surface area contributed by atoms with Crippen LogP contribution in [-0.2, 0) is 14.8 Å². The van der Waals surface area contributed by atoms with E-state index in [9.17, 15) is 13.2 Å². The van der Waals surface area contributed by atoms with Crippen molar-refractivity contribution in [2.45, 2.75) is 11.8 Å². The standard InChI is InChI=1S/C24H26N2O6S/c1-4-32-20-10-8-9-18(15-20)25-24(27)17-26(33(28,29)21-11-6-5-7-12-21)22-16-19(30-2)13-14-23(22)31-3/h5-16H,4,17H2,1-3H3,(H,25,27). The lowest BCUT2D eigenvalue weighted by Crippen LogP contribution is -2.38. The first kappa shape index (κ1) is 23.9. The lowest BCUT2D eigenvalue weighted by Gasteiger charge is -2.26. The van der Waals surface area contributed by atoms with E-state index in [1.165, 1.54) is 32.4 Å². The summed E-state index contributed by atoms with van der Waals surface area (Å²) in [5, 5.41) is 2.73. The van der Waals surface area contributed by atoms with Gasteiger partial charge < -0.3 is 19.5 Å². The van der Waals surface area contributed by atoms with E-state index in [0.717, 1.165) is 4.31 Å². The molecule has 9 heteroatoms. The van der Waals surface area contributed by atoms with Gasteiger partial charge in [-0.05, 0) is 43.3 Å². The lowest BCUT2D eigenvalue weighted by molar-refractivity contribution is -0.114. The molecule has 0 unspecified atom stereocenters. The fourth-order valence-corrected chi connectivity index (χ4v) is 4.62. The number of benzene rings is 3. The first-order valence-electron chi connectivity index (χ1n) is 10.2. The number of carbonyl (C=O) groups is 1. The van der Waals surface area contributed by atoms with E-state index in [4.69, 9.17) is 14.2 Å². The quantitative estimate of drug-likeness (QED) is 0.482. The summed E-state index contributed by atoms with van der Waals surface area (Å²) in [5.41, 5.74) is 0.666. The highest BCUT2D eigenvalue weighted by Gasteiger charge is 2.30. The molecule has 3 aromatic carbocycles. The van der Waals surface area contributed by atoms with Crippen LogP contribution in [0, 0.1) is 0 Å². The third kappa shape index (κ3) is 5.75. The van der Waals surface area contributed by atoms with Crippen molar-refractivity contribution in [3.05, 3.63) is 72.8 Å².